The summed E-state index contributed by atoms with van der Waals surface area (Å²) in [6.07, 6.45) is 6.40. The standard InChI is InChI=1S/C16H20O/c17-15-12-6-11-7-13(15)10-16(8-11,9-12)14-4-2-1-3-5-14/h1-5,11-13,15,17H,6-10H2/t11?,12-,13+,15?,16?. The van der Waals surface area contributed by atoms with Crippen LogP contribution in [0.4, 0.5) is 0 Å². The Balaban J connectivity index is 1.76. The zero-order valence-corrected chi connectivity index (χ0v) is 10.2. The van der Waals surface area contributed by atoms with E-state index in [-0.39, 0.29) is 6.10 Å². The van der Waals surface area contributed by atoms with Gasteiger partial charge in [-0.25, -0.2) is 0 Å². The molecule has 4 saturated carbocycles. The summed E-state index contributed by atoms with van der Waals surface area (Å²) in [6, 6.07) is 11.1. The number of benzene rings is 1. The largest absolute Gasteiger partial charge is 0.393 e. The zero-order valence-electron chi connectivity index (χ0n) is 10.2. The quantitative estimate of drug-likeness (QED) is 0.783. The molecule has 90 valence electrons. The van der Waals surface area contributed by atoms with Crippen molar-refractivity contribution in [3.63, 3.8) is 0 Å². The van der Waals surface area contributed by atoms with Gasteiger partial charge in [-0.05, 0) is 60.8 Å². The zero-order chi connectivity index (χ0) is 11.5. The van der Waals surface area contributed by atoms with E-state index in [1.54, 1.807) is 0 Å². The third-order valence-corrected chi connectivity index (χ3v) is 5.61. The van der Waals surface area contributed by atoms with Gasteiger partial charge < -0.3 is 5.11 Å². The fourth-order valence-electron chi connectivity index (χ4n) is 5.14. The lowest BCUT2D eigenvalue weighted by atomic mass is 9.47. The van der Waals surface area contributed by atoms with Gasteiger partial charge in [0, 0.05) is 0 Å². The molecule has 5 atom stereocenters. The van der Waals surface area contributed by atoms with Crippen LogP contribution in [0.5, 0.6) is 0 Å². The fourth-order valence-corrected chi connectivity index (χ4v) is 5.14. The van der Waals surface area contributed by atoms with Gasteiger partial charge in [-0.15, -0.1) is 0 Å². The van der Waals surface area contributed by atoms with Gasteiger partial charge in [-0.1, -0.05) is 30.3 Å². The average Bonchev–Trinajstić information content (AvgIpc) is 2.36. The van der Waals surface area contributed by atoms with Gasteiger partial charge in [0.25, 0.3) is 0 Å². The highest BCUT2D eigenvalue weighted by molar-refractivity contribution is 5.29. The average molecular weight is 228 g/mol. The monoisotopic (exact) mass is 228 g/mol. The molecule has 5 rings (SSSR count). The molecular formula is C16H20O. The van der Waals surface area contributed by atoms with E-state index in [1.165, 1.54) is 37.7 Å². The maximum absolute atomic E-state index is 10.3. The first kappa shape index (κ1) is 10.1. The van der Waals surface area contributed by atoms with Crippen LogP contribution in [0.3, 0.4) is 0 Å². The van der Waals surface area contributed by atoms with E-state index in [0.717, 1.165) is 5.92 Å². The second-order valence-electron chi connectivity index (χ2n) is 6.61. The van der Waals surface area contributed by atoms with Crippen LogP contribution >= 0.6 is 0 Å². The van der Waals surface area contributed by atoms with Crippen molar-refractivity contribution >= 4 is 0 Å². The van der Waals surface area contributed by atoms with E-state index in [9.17, 15) is 5.11 Å². The molecule has 1 heteroatoms. The van der Waals surface area contributed by atoms with Gasteiger partial charge in [-0.3, -0.25) is 0 Å². The number of hydrogen-bond acceptors (Lipinski definition) is 1. The van der Waals surface area contributed by atoms with Gasteiger partial charge in [0.2, 0.25) is 0 Å². The Morgan fingerprint density at radius 3 is 2.24 bits per heavy atom. The number of aliphatic hydroxyl groups excluding tert-OH is 1. The number of aliphatic hydroxyl groups is 1. The molecule has 0 aromatic heterocycles. The van der Waals surface area contributed by atoms with Crippen molar-refractivity contribution in [1.29, 1.82) is 0 Å². The van der Waals surface area contributed by atoms with Crippen molar-refractivity contribution in [2.75, 3.05) is 0 Å². The topological polar surface area (TPSA) is 20.2 Å². The molecule has 0 aliphatic heterocycles. The van der Waals surface area contributed by atoms with Gasteiger partial charge >= 0.3 is 0 Å². The predicted octanol–water partition coefficient (Wildman–Crippen LogP) is 3.13. The van der Waals surface area contributed by atoms with Gasteiger partial charge in [0.15, 0.2) is 0 Å². The smallest absolute Gasteiger partial charge is 0.0597 e. The van der Waals surface area contributed by atoms with Gasteiger partial charge in [0.05, 0.1) is 6.10 Å². The van der Waals surface area contributed by atoms with Crippen molar-refractivity contribution in [3.05, 3.63) is 35.9 Å². The summed E-state index contributed by atoms with van der Waals surface area (Å²) >= 11 is 0. The SMILES string of the molecule is OC1[C@@H]2CC3C[C@H]1CC(c1ccccc1)(C3)C2. The van der Waals surface area contributed by atoms with Gasteiger partial charge in [0.1, 0.15) is 0 Å². The minimum Gasteiger partial charge on any atom is -0.393 e. The van der Waals surface area contributed by atoms with Crippen LogP contribution < -0.4 is 0 Å². The maximum atomic E-state index is 10.3. The Kier molecular flexibility index (Phi) is 2.00. The van der Waals surface area contributed by atoms with Crippen molar-refractivity contribution < 1.29 is 5.11 Å². The highest BCUT2D eigenvalue weighted by Crippen LogP contribution is 2.60. The second-order valence-corrected chi connectivity index (χ2v) is 6.61. The second kappa shape index (κ2) is 3.35. The highest BCUT2D eigenvalue weighted by atomic mass is 16.3. The molecule has 1 aromatic rings. The van der Waals surface area contributed by atoms with E-state index >= 15 is 0 Å². The molecule has 4 aliphatic rings. The van der Waals surface area contributed by atoms with E-state index < -0.39 is 0 Å². The molecule has 0 heterocycles. The summed E-state index contributed by atoms with van der Waals surface area (Å²) in [6.45, 7) is 0. The summed E-state index contributed by atoms with van der Waals surface area (Å²) in [5, 5.41) is 10.3. The molecule has 0 spiro atoms. The summed E-state index contributed by atoms with van der Waals surface area (Å²) in [4.78, 5) is 0. The van der Waals surface area contributed by atoms with Crippen LogP contribution in [0.15, 0.2) is 30.3 Å². The summed E-state index contributed by atoms with van der Waals surface area (Å²) < 4.78 is 0. The van der Waals surface area contributed by atoms with Crippen LogP contribution in [0, 0.1) is 17.8 Å². The number of rotatable bonds is 1. The van der Waals surface area contributed by atoms with E-state index in [4.69, 9.17) is 0 Å². The Morgan fingerprint density at radius 1 is 0.941 bits per heavy atom. The maximum Gasteiger partial charge on any atom is 0.0597 e. The minimum absolute atomic E-state index is 0.00314. The predicted molar refractivity (Wildman–Crippen MR) is 67.7 cm³/mol. The van der Waals surface area contributed by atoms with Gasteiger partial charge in [-0.2, -0.15) is 0 Å². The van der Waals surface area contributed by atoms with E-state index in [2.05, 4.69) is 30.3 Å². The van der Waals surface area contributed by atoms with Crippen LogP contribution in [0.1, 0.15) is 37.7 Å². The molecule has 0 radical (unpaired) electrons. The first-order chi connectivity index (χ1) is 8.27. The molecule has 3 unspecified atom stereocenters. The highest BCUT2D eigenvalue weighted by Gasteiger charge is 2.55. The number of hydrogen-bond donors (Lipinski definition) is 1. The fraction of sp³-hybridized carbons (Fsp3) is 0.625. The third kappa shape index (κ3) is 1.35. The molecule has 1 aromatic carbocycles. The first-order valence-corrected chi connectivity index (χ1v) is 7.00. The Morgan fingerprint density at radius 2 is 1.59 bits per heavy atom. The summed E-state index contributed by atoms with van der Waals surface area (Å²) in [5.74, 6) is 2.05. The van der Waals surface area contributed by atoms with Crippen molar-refractivity contribution in [2.24, 2.45) is 17.8 Å². The molecular weight excluding hydrogens is 208 g/mol. The molecule has 1 nitrogen and oxygen atoms in total. The molecule has 0 amide bonds. The minimum atomic E-state index is 0.00314. The Hall–Kier alpha value is -0.820. The Labute approximate surface area is 103 Å². The molecule has 0 saturated heterocycles. The summed E-state index contributed by atoms with van der Waals surface area (Å²) in [7, 11) is 0. The third-order valence-electron chi connectivity index (χ3n) is 5.61. The van der Waals surface area contributed by atoms with Crippen molar-refractivity contribution in [2.45, 2.75) is 43.6 Å². The van der Waals surface area contributed by atoms with Crippen molar-refractivity contribution in [3.8, 4) is 0 Å². The molecule has 4 bridgehead atoms. The van der Waals surface area contributed by atoms with Crippen LogP contribution in [0.2, 0.25) is 0 Å². The first-order valence-electron chi connectivity index (χ1n) is 7.00. The van der Waals surface area contributed by atoms with E-state index in [0.29, 0.717) is 17.3 Å². The molecule has 1 N–H and O–H groups in total. The van der Waals surface area contributed by atoms with E-state index in [1.807, 2.05) is 0 Å². The lowest BCUT2D eigenvalue weighted by Crippen LogP contribution is -2.55. The lowest BCUT2D eigenvalue weighted by molar-refractivity contribution is -0.106. The normalized spacial score (nSPS) is 47.4. The molecule has 17 heavy (non-hydrogen) atoms. The van der Waals surface area contributed by atoms with Crippen molar-refractivity contribution in [1.82, 2.24) is 0 Å². The van der Waals surface area contributed by atoms with Crippen LogP contribution in [-0.4, -0.2) is 11.2 Å². The Bertz CT molecular complexity index is 408. The van der Waals surface area contributed by atoms with Crippen LogP contribution in [0.25, 0.3) is 0 Å². The summed E-state index contributed by atoms with van der Waals surface area (Å²) in [5.41, 5.74) is 1.95. The molecule has 4 aliphatic carbocycles. The lowest BCUT2D eigenvalue weighted by Gasteiger charge is -2.59. The van der Waals surface area contributed by atoms with Crippen LogP contribution in [-0.2, 0) is 5.41 Å². The molecule has 4 fully saturated rings.